The number of carbonyl (C=O) groups excluding carboxylic acids is 2. The Bertz CT molecular complexity index is 1300. The monoisotopic (exact) mass is 462 g/mol. The van der Waals surface area contributed by atoms with Crippen LogP contribution in [0.25, 0.3) is 5.57 Å². The number of ether oxygens (including phenoxy) is 2. The Morgan fingerprint density at radius 2 is 1.58 bits per heavy atom. The van der Waals surface area contributed by atoms with Crippen LogP contribution in [0.5, 0.6) is 11.5 Å². The molecule has 0 saturated heterocycles. The molecule has 33 heavy (non-hydrogen) atoms. The molecule has 0 aromatic heterocycles. The van der Waals surface area contributed by atoms with Crippen molar-refractivity contribution in [1.29, 1.82) is 0 Å². The summed E-state index contributed by atoms with van der Waals surface area (Å²) in [6, 6.07) is 17.8. The van der Waals surface area contributed by atoms with Crippen LogP contribution < -0.4 is 19.7 Å². The van der Waals surface area contributed by atoms with Gasteiger partial charge in [-0.2, -0.15) is 0 Å². The number of halogens is 1. The molecule has 1 aliphatic rings. The SMILES string of the molecule is COc1ccccc1C1=C(Nc2ccc(Cl)cc2C)C(=O)N(c2cc(C)ccc2OC)C1=O. The molecule has 3 aromatic carbocycles. The number of rotatable bonds is 6. The number of benzene rings is 3. The van der Waals surface area contributed by atoms with Crippen LogP contribution in [0.1, 0.15) is 16.7 Å². The van der Waals surface area contributed by atoms with Crippen LogP contribution in [0.15, 0.2) is 66.4 Å². The zero-order valence-electron chi connectivity index (χ0n) is 18.7. The zero-order valence-corrected chi connectivity index (χ0v) is 19.5. The second kappa shape index (κ2) is 9.00. The molecule has 0 bridgehead atoms. The molecule has 7 heteroatoms. The molecular weight excluding hydrogens is 440 g/mol. The smallest absolute Gasteiger partial charge is 0.282 e. The van der Waals surface area contributed by atoms with Crippen LogP contribution >= 0.6 is 11.6 Å². The van der Waals surface area contributed by atoms with E-state index in [0.717, 1.165) is 16.0 Å². The van der Waals surface area contributed by atoms with Gasteiger partial charge in [-0.1, -0.05) is 35.9 Å². The summed E-state index contributed by atoms with van der Waals surface area (Å²) in [4.78, 5) is 28.6. The number of nitrogens with one attached hydrogen (secondary N) is 1. The summed E-state index contributed by atoms with van der Waals surface area (Å²) in [6.45, 7) is 3.76. The van der Waals surface area contributed by atoms with Gasteiger partial charge in [-0.3, -0.25) is 9.59 Å². The van der Waals surface area contributed by atoms with E-state index >= 15 is 0 Å². The standard InChI is InChI=1S/C26H23ClN2O4/c1-15-9-12-22(33-4)20(13-15)29-25(30)23(18-7-5-6-8-21(18)32-3)24(26(29)31)28-19-11-10-17(27)14-16(19)2/h5-14,28H,1-4H3. The van der Waals surface area contributed by atoms with E-state index in [1.807, 2.05) is 26.0 Å². The number of amides is 2. The van der Waals surface area contributed by atoms with Gasteiger partial charge in [0.2, 0.25) is 0 Å². The minimum atomic E-state index is -0.487. The number of hydrogen-bond donors (Lipinski definition) is 1. The lowest BCUT2D eigenvalue weighted by atomic mass is 10.0. The van der Waals surface area contributed by atoms with Gasteiger partial charge in [0.15, 0.2) is 0 Å². The summed E-state index contributed by atoms with van der Waals surface area (Å²) < 4.78 is 11.0. The van der Waals surface area contributed by atoms with E-state index in [1.165, 1.54) is 14.2 Å². The van der Waals surface area contributed by atoms with Gasteiger partial charge in [-0.15, -0.1) is 0 Å². The molecule has 1 aliphatic heterocycles. The first kappa shape index (κ1) is 22.4. The highest BCUT2D eigenvalue weighted by Gasteiger charge is 2.42. The molecule has 2 amide bonds. The first-order valence-corrected chi connectivity index (χ1v) is 10.7. The van der Waals surface area contributed by atoms with Gasteiger partial charge in [0.1, 0.15) is 17.2 Å². The van der Waals surface area contributed by atoms with E-state index in [1.54, 1.807) is 48.5 Å². The van der Waals surface area contributed by atoms with E-state index in [0.29, 0.717) is 33.5 Å². The van der Waals surface area contributed by atoms with Crippen LogP contribution in [0.4, 0.5) is 11.4 Å². The van der Waals surface area contributed by atoms with Crippen LogP contribution in [0, 0.1) is 13.8 Å². The van der Waals surface area contributed by atoms with Gasteiger partial charge < -0.3 is 14.8 Å². The number of aryl methyl sites for hydroxylation is 2. The van der Waals surface area contributed by atoms with E-state index in [-0.39, 0.29) is 11.3 Å². The third kappa shape index (κ3) is 4.05. The highest BCUT2D eigenvalue weighted by Crippen LogP contribution is 2.40. The van der Waals surface area contributed by atoms with E-state index in [2.05, 4.69) is 5.32 Å². The number of hydrogen-bond acceptors (Lipinski definition) is 5. The molecule has 4 rings (SSSR count). The number of nitrogens with zero attached hydrogens (tertiary/aromatic N) is 1. The van der Waals surface area contributed by atoms with E-state index in [9.17, 15) is 9.59 Å². The summed E-state index contributed by atoms with van der Waals surface area (Å²) in [5.74, 6) is -0.0499. The summed E-state index contributed by atoms with van der Waals surface area (Å²) >= 11 is 6.10. The number of methoxy groups -OCH3 is 2. The summed E-state index contributed by atoms with van der Waals surface area (Å²) in [7, 11) is 3.03. The van der Waals surface area contributed by atoms with Crippen LogP contribution in [-0.4, -0.2) is 26.0 Å². The summed E-state index contributed by atoms with van der Waals surface area (Å²) in [6.07, 6.45) is 0. The van der Waals surface area contributed by atoms with Gasteiger partial charge in [-0.25, -0.2) is 4.90 Å². The molecule has 1 heterocycles. The molecule has 0 aliphatic carbocycles. The van der Waals surface area contributed by atoms with Crippen molar-refractivity contribution in [2.24, 2.45) is 0 Å². The van der Waals surface area contributed by atoms with Crippen molar-refractivity contribution in [2.45, 2.75) is 13.8 Å². The first-order chi connectivity index (χ1) is 15.8. The minimum absolute atomic E-state index is 0.151. The third-order valence-electron chi connectivity index (χ3n) is 5.48. The van der Waals surface area contributed by atoms with Crippen molar-refractivity contribution in [2.75, 3.05) is 24.4 Å². The van der Waals surface area contributed by atoms with Crippen molar-refractivity contribution in [3.63, 3.8) is 0 Å². The summed E-state index contributed by atoms with van der Waals surface area (Å²) in [5, 5.41) is 3.76. The maximum absolute atomic E-state index is 13.8. The molecule has 0 atom stereocenters. The first-order valence-electron chi connectivity index (χ1n) is 10.3. The van der Waals surface area contributed by atoms with Gasteiger partial charge in [-0.05, 0) is 61.4 Å². The van der Waals surface area contributed by atoms with Crippen molar-refractivity contribution in [1.82, 2.24) is 0 Å². The lowest BCUT2D eigenvalue weighted by Gasteiger charge is -2.19. The van der Waals surface area contributed by atoms with E-state index in [4.69, 9.17) is 21.1 Å². The van der Waals surface area contributed by atoms with Crippen molar-refractivity contribution in [3.05, 3.63) is 88.1 Å². The van der Waals surface area contributed by atoms with Gasteiger partial charge >= 0.3 is 0 Å². The van der Waals surface area contributed by atoms with Gasteiger partial charge in [0, 0.05) is 16.3 Å². The lowest BCUT2D eigenvalue weighted by molar-refractivity contribution is -0.120. The third-order valence-corrected chi connectivity index (χ3v) is 5.72. The molecule has 0 radical (unpaired) electrons. The Morgan fingerprint density at radius 1 is 0.848 bits per heavy atom. The number of anilines is 2. The topological polar surface area (TPSA) is 67.9 Å². The van der Waals surface area contributed by atoms with Crippen molar-refractivity contribution < 1.29 is 19.1 Å². The molecule has 0 unspecified atom stereocenters. The Labute approximate surface area is 197 Å². The fourth-order valence-electron chi connectivity index (χ4n) is 3.84. The predicted molar refractivity (Wildman–Crippen MR) is 130 cm³/mol. The second-order valence-corrected chi connectivity index (χ2v) is 8.09. The van der Waals surface area contributed by atoms with Gasteiger partial charge in [0.25, 0.3) is 11.8 Å². The Morgan fingerprint density at radius 3 is 2.27 bits per heavy atom. The molecule has 0 spiro atoms. The molecule has 6 nitrogen and oxygen atoms in total. The van der Waals surface area contributed by atoms with Crippen LogP contribution in [0.3, 0.4) is 0 Å². The molecule has 0 saturated carbocycles. The fraction of sp³-hybridized carbons (Fsp3) is 0.154. The average molecular weight is 463 g/mol. The second-order valence-electron chi connectivity index (χ2n) is 7.66. The quantitative estimate of drug-likeness (QED) is 0.499. The largest absolute Gasteiger partial charge is 0.496 e. The minimum Gasteiger partial charge on any atom is -0.496 e. The molecule has 168 valence electrons. The number of para-hydroxylation sites is 1. The van der Waals surface area contributed by atoms with Crippen LogP contribution in [0.2, 0.25) is 5.02 Å². The molecular formula is C26H23ClN2O4. The fourth-order valence-corrected chi connectivity index (χ4v) is 4.07. The zero-order chi connectivity index (χ0) is 23.7. The Hall–Kier alpha value is -3.77. The van der Waals surface area contributed by atoms with Crippen LogP contribution in [-0.2, 0) is 9.59 Å². The van der Waals surface area contributed by atoms with E-state index < -0.39 is 11.8 Å². The maximum atomic E-state index is 13.8. The molecule has 0 fully saturated rings. The Balaban J connectivity index is 1.91. The number of imide groups is 1. The van der Waals surface area contributed by atoms with Gasteiger partial charge in [0.05, 0.1) is 25.5 Å². The average Bonchev–Trinajstić information content (AvgIpc) is 3.04. The Kier molecular flexibility index (Phi) is 6.11. The maximum Gasteiger partial charge on any atom is 0.282 e. The lowest BCUT2D eigenvalue weighted by Crippen LogP contribution is -2.32. The summed E-state index contributed by atoms with van der Waals surface area (Å²) in [5.41, 5.74) is 3.65. The molecule has 1 N–H and O–H groups in total. The van der Waals surface area contributed by atoms with Crippen molar-refractivity contribution in [3.8, 4) is 11.5 Å². The number of carbonyl (C=O) groups is 2. The normalized spacial score (nSPS) is 13.5. The highest BCUT2D eigenvalue weighted by molar-refractivity contribution is 6.46. The van der Waals surface area contributed by atoms with Crippen molar-refractivity contribution >= 4 is 40.4 Å². The highest BCUT2D eigenvalue weighted by atomic mass is 35.5. The molecule has 3 aromatic rings. The predicted octanol–water partition coefficient (Wildman–Crippen LogP) is 5.37.